The lowest BCUT2D eigenvalue weighted by Gasteiger charge is -2.15. The minimum atomic E-state index is -4.03. The normalized spacial score (nSPS) is 16.0. The molecule has 0 spiro atoms. The Labute approximate surface area is 175 Å². The summed E-state index contributed by atoms with van der Waals surface area (Å²) in [6.07, 6.45) is 1.50. The van der Waals surface area contributed by atoms with Gasteiger partial charge in [-0.1, -0.05) is 47.7 Å². The second-order valence-corrected chi connectivity index (χ2v) is 9.27. The minimum Gasteiger partial charge on any atom is -0.478 e. The average Bonchev–Trinajstić information content (AvgIpc) is 2.89. The lowest BCUT2D eigenvalue weighted by atomic mass is 10.1. The number of nitrogens with zero attached hydrogens (tertiary/aromatic N) is 1. The van der Waals surface area contributed by atoms with Crippen molar-refractivity contribution in [2.45, 2.75) is 4.90 Å². The van der Waals surface area contributed by atoms with E-state index in [0.29, 0.717) is 10.6 Å². The number of carbonyl (C=O) groups is 2. The number of halogens is 1. The van der Waals surface area contributed by atoms with Crippen molar-refractivity contribution in [3.63, 3.8) is 0 Å². The van der Waals surface area contributed by atoms with Crippen LogP contribution < -0.4 is 4.83 Å². The van der Waals surface area contributed by atoms with Gasteiger partial charge in [0.25, 0.3) is 15.9 Å². The fraction of sp³-hybridized carbons (Fsp3) is 0. The predicted molar refractivity (Wildman–Crippen MR) is 110 cm³/mol. The molecule has 0 bridgehead atoms. The molecule has 2 aromatic carbocycles. The second kappa shape index (κ2) is 8.02. The molecule has 1 fully saturated rings. The fourth-order valence-electron chi connectivity index (χ4n) is 2.21. The molecule has 0 radical (unpaired) electrons. The van der Waals surface area contributed by atoms with Gasteiger partial charge in [-0.25, -0.2) is 18.2 Å². The van der Waals surface area contributed by atoms with Gasteiger partial charge in [0.15, 0.2) is 4.32 Å². The molecule has 0 atom stereocenters. The highest BCUT2D eigenvalue weighted by molar-refractivity contribution is 8.26. The third kappa shape index (κ3) is 4.42. The first-order valence-electron chi connectivity index (χ1n) is 7.57. The van der Waals surface area contributed by atoms with E-state index < -0.39 is 21.9 Å². The van der Waals surface area contributed by atoms with Crippen molar-refractivity contribution in [2.24, 2.45) is 0 Å². The number of sulfonamides is 1. The van der Waals surface area contributed by atoms with Gasteiger partial charge in [-0.3, -0.25) is 4.79 Å². The van der Waals surface area contributed by atoms with Gasteiger partial charge < -0.3 is 5.11 Å². The molecule has 0 aliphatic carbocycles. The molecule has 1 amide bonds. The number of benzene rings is 2. The number of thioether (sulfide) groups is 1. The number of carboxylic acids is 1. The van der Waals surface area contributed by atoms with Crippen molar-refractivity contribution in [1.29, 1.82) is 0 Å². The highest BCUT2D eigenvalue weighted by Crippen LogP contribution is 2.32. The Balaban J connectivity index is 1.81. The van der Waals surface area contributed by atoms with Gasteiger partial charge in [0.2, 0.25) is 0 Å². The molecule has 0 aromatic heterocycles. The number of hydrogen-bond acceptors (Lipinski definition) is 6. The van der Waals surface area contributed by atoms with Crippen LogP contribution in [0.25, 0.3) is 6.08 Å². The zero-order valence-corrected chi connectivity index (χ0v) is 17.0. The van der Waals surface area contributed by atoms with E-state index in [2.05, 4.69) is 4.83 Å². The van der Waals surface area contributed by atoms with E-state index in [4.69, 9.17) is 28.9 Å². The maximum absolute atomic E-state index is 12.6. The summed E-state index contributed by atoms with van der Waals surface area (Å²) < 4.78 is 25.0. The number of thiocarbonyl (C=S) groups is 1. The molecular formula is C17H11ClN2O5S3. The van der Waals surface area contributed by atoms with E-state index in [0.717, 1.165) is 16.8 Å². The zero-order chi connectivity index (χ0) is 20.5. The van der Waals surface area contributed by atoms with Gasteiger partial charge in [-0.2, -0.15) is 0 Å². The first kappa shape index (κ1) is 20.5. The van der Waals surface area contributed by atoms with Crippen molar-refractivity contribution >= 4 is 67.9 Å². The van der Waals surface area contributed by atoms with E-state index in [1.807, 2.05) is 0 Å². The molecule has 11 heteroatoms. The quantitative estimate of drug-likeness (QED) is 0.528. The van der Waals surface area contributed by atoms with Gasteiger partial charge in [0, 0.05) is 5.02 Å². The Morgan fingerprint density at radius 2 is 1.75 bits per heavy atom. The van der Waals surface area contributed by atoms with Crippen molar-refractivity contribution in [2.75, 3.05) is 0 Å². The molecule has 7 nitrogen and oxygen atoms in total. The molecule has 3 rings (SSSR count). The smallest absolute Gasteiger partial charge is 0.335 e. The summed E-state index contributed by atoms with van der Waals surface area (Å²) in [5.41, 5.74) is 0.687. The van der Waals surface area contributed by atoms with Crippen molar-refractivity contribution in [1.82, 2.24) is 9.84 Å². The fourth-order valence-corrected chi connectivity index (χ4v) is 4.64. The third-order valence-corrected chi connectivity index (χ3v) is 6.45. The van der Waals surface area contributed by atoms with Crippen molar-refractivity contribution in [3.8, 4) is 0 Å². The van der Waals surface area contributed by atoms with Crippen LogP contribution >= 0.6 is 35.6 Å². The number of rotatable bonds is 5. The summed E-state index contributed by atoms with van der Waals surface area (Å²) in [6.45, 7) is 0. The molecule has 2 aromatic rings. The molecule has 0 saturated carbocycles. The van der Waals surface area contributed by atoms with Gasteiger partial charge in [-0.15, -0.1) is 4.83 Å². The number of hydrazine groups is 1. The standard InChI is InChI=1S/C17H11ClN2O5S3/c18-12-5-7-13(8-6-12)28(24,25)19-20-15(21)14(27-17(20)26)9-10-1-3-11(4-2-10)16(22)23/h1-9,19H,(H,22,23)/b14-9+. The maximum Gasteiger partial charge on any atom is 0.335 e. The minimum absolute atomic E-state index is 0.0240. The van der Waals surface area contributed by atoms with E-state index in [1.54, 1.807) is 0 Å². The maximum atomic E-state index is 12.6. The van der Waals surface area contributed by atoms with Crippen LogP contribution in [-0.2, 0) is 14.8 Å². The largest absolute Gasteiger partial charge is 0.478 e. The molecule has 1 aliphatic heterocycles. The number of carboxylic acid groups (broad SMARTS) is 1. The lowest BCUT2D eigenvalue weighted by molar-refractivity contribution is -0.123. The molecule has 2 N–H and O–H groups in total. The number of carbonyl (C=O) groups excluding carboxylic acids is 1. The Morgan fingerprint density at radius 3 is 2.32 bits per heavy atom. The van der Waals surface area contributed by atoms with E-state index >= 15 is 0 Å². The SMILES string of the molecule is O=C(O)c1ccc(/C=C2/SC(=S)N(NS(=O)(=O)c3ccc(Cl)cc3)C2=O)cc1. The number of hydrogen-bond donors (Lipinski definition) is 2. The molecule has 0 unspecified atom stereocenters. The van der Waals surface area contributed by atoms with Crippen LogP contribution in [-0.4, -0.2) is 34.7 Å². The molecule has 144 valence electrons. The molecule has 1 aliphatic rings. The number of aromatic carboxylic acids is 1. The van der Waals surface area contributed by atoms with Gasteiger partial charge >= 0.3 is 5.97 Å². The van der Waals surface area contributed by atoms with E-state index in [9.17, 15) is 18.0 Å². The van der Waals surface area contributed by atoms with Crippen LogP contribution in [0.2, 0.25) is 5.02 Å². The molecular weight excluding hydrogens is 444 g/mol. The number of nitrogens with one attached hydrogen (secondary N) is 1. The zero-order valence-electron chi connectivity index (χ0n) is 13.8. The third-order valence-electron chi connectivity index (χ3n) is 3.58. The summed E-state index contributed by atoms with van der Waals surface area (Å²) in [7, 11) is -4.03. The Hall–Kier alpha value is -2.24. The van der Waals surface area contributed by atoms with Gasteiger partial charge in [-0.05, 0) is 48.0 Å². The van der Waals surface area contributed by atoms with Crippen molar-refractivity contribution in [3.05, 3.63) is 69.6 Å². The first-order valence-corrected chi connectivity index (χ1v) is 10.7. The van der Waals surface area contributed by atoms with Crippen LogP contribution in [0.3, 0.4) is 0 Å². The van der Waals surface area contributed by atoms with Crippen LogP contribution in [0.1, 0.15) is 15.9 Å². The second-order valence-electron chi connectivity index (χ2n) is 5.49. The van der Waals surface area contributed by atoms with Gasteiger partial charge in [0.1, 0.15) is 0 Å². The Kier molecular flexibility index (Phi) is 5.87. The summed E-state index contributed by atoms with van der Waals surface area (Å²) in [4.78, 5) is 25.8. The lowest BCUT2D eigenvalue weighted by Crippen LogP contribution is -2.44. The van der Waals surface area contributed by atoms with Crippen LogP contribution in [0.5, 0.6) is 0 Å². The first-order chi connectivity index (χ1) is 13.2. The summed E-state index contributed by atoms with van der Waals surface area (Å²) in [5, 5.41) is 10.1. The van der Waals surface area contributed by atoms with Crippen molar-refractivity contribution < 1.29 is 23.1 Å². The summed E-state index contributed by atoms with van der Waals surface area (Å²) in [5.74, 6) is -1.69. The van der Waals surface area contributed by atoms with Gasteiger partial charge in [0.05, 0.1) is 15.4 Å². The monoisotopic (exact) mass is 454 g/mol. The topological polar surface area (TPSA) is 104 Å². The average molecular weight is 455 g/mol. The summed E-state index contributed by atoms with van der Waals surface area (Å²) in [6, 6.07) is 11.3. The Bertz CT molecular complexity index is 1100. The predicted octanol–water partition coefficient (Wildman–Crippen LogP) is 3.13. The molecule has 1 saturated heterocycles. The van der Waals surface area contributed by atoms with E-state index in [1.165, 1.54) is 54.6 Å². The highest BCUT2D eigenvalue weighted by Gasteiger charge is 2.35. The summed E-state index contributed by atoms with van der Waals surface area (Å²) >= 11 is 11.8. The van der Waals surface area contributed by atoms with Crippen LogP contribution in [0, 0.1) is 0 Å². The molecule has 1 heterocycles. The highest BCUT2D eigenvalue weighted by atomic mass is 35.5. The van der Waals surface area contributed by atoms with E-state index in [-0.39, 0.29) is 19.7 Å². The Morgan fingerprint density at radius 1 is 1.14 bits per heavy atom. The number of amides is 1. The van der Waals surface area contributed by atoms with Crippen LogP contribution in [0.4, 0.5) is 0 Å². The molecule has 28 heavy (non-hydrogen) atoms. The van der Waals surface area contributed by atoms with Crippen LogP contribution in [0.15, 0.2) is 58.3 Å².